The van der Waals surface area contributed by atoms with Crippen LogP contribution < -0.4 is 4.72 Å². The molecule has 23 heavy (non-hydrogen) atoms. The summed E-state index contributed by atoms with van der Waals surface area (Å²) >= 11 is 0. The summed E-state index contributed by atoms with van der Waals surface area (Å²) in [4.78, 5) is 13.4. The predicted octanol–water partition coefficient (Wildman–Crippen LogP) is 0.852. The fourth-order valence-corrected chi connectivity index (χ4v) is 2.32. The van der Waals surface area contributed by atoms with Gasteiger partial charge in [0.1, 0.15) is 5.78 Å². The van der Waals surface area contributed by atoms with Gasteiger partial charge in [-0.05, 0) is 20.9 Å². The van der Waals surface area contributed by atoms with E-state index in [1.165, 1.54) is 0 Å². The molecule has 0 bridgehead atoms. The third-order valence-corrected chi connectivity index (χ3v) is 4.53. The van der Waals surface area contributed by atoms with Crippen LogP contribution in [0.25, 0.3) is 0 Å². The second-order valence-corrected chi connectivity index (χ2v) is 7.85. The van der Waals surface area contributed by atoms with Crippen LogP contribution in [0.5, 0.6) is 0 Å². The highest BCUT2D eigenvalue weighted by Crippen LogP contribution is 1.98. The van der Waals surface area contributed by atoms with Crippen LogP contribution in [0.15, 0.2) is 0 Å². The van der Waals surface area contributed by atoms with Crippen molar-refractivity contribution in [1.29, 1.82) is 0 Å². The maximum Gasteiger partial charge on any atom is 0.235 e. The van der Waals surface area contributed by atoms with Crippen LogP contribution in [0.4, 0.5) is 0 Å². The van der Waals surface area contributed by atoms with Gasteiger partial charge in [0.15, 0.2) is 5.94 Å². The first kappa shape index (κ1) is 22.5. The first-order chi connectivity index (χ1) is 10.7. The van der Waals surface area contributed by atoms with Crippen molar-refractivity contribution in [3.05, 3.63) is 0 Å². The Bertz CT molecular complexity index is 424. The van der Waals surface area contributed by atoms with Crippen LogP contribution in [0, 0.1) is 5.92 Å². The molecule has 0 aromatic carbocycles. The lowest BCUT2D eigenvalue weighted by Crippen LogP contribution is -2.33. The fraction of sp³-hybridized carbons (Fsp3) is 0.933. The van der Waals surface area contributed by atoms with Crippen LogP contribution in [0.2, 0.25) is 0 Å². The van der Waals surface area contributed by atoms with E-state index in [1.54, 1.807) is 0 Å². The highest BCUT2D eigenvalue weighted by atomic mass is 32.2. The summed E-state index contributed by atoms with van der Waals surface area (Å²) in [6.45, 7) is 9.58. The smallest absolute Gasteiger partial charge is 0.235 e. The Balaban J connectivity index is 3.67. The number of sulfonamides is 1. The van der Waals surface area contributed by atoms with Crippen molar-refractivity contribution in [3.8, 4) is 0 Å². The van der Waals surface area contributed by atoms with E-state index >= 15 is 0 Å². The van der Waals surface area contributed by atoms with E-state index in [-0.39, 0.29) is 30.8 Å². The average Bonchev–Trinajstić information content (AvgIpc) is 2.46. The number of carbonyl (C=O) groups excluding carboxylic acids is 1. The van der Waals surface area contributed by atoms with Crippen molar-refractivity contribution < 1.29 is 22.7 Å². The number of likely N-dealkylation sites (N-methyl/N-ethyl adjacent to an activating group) is 1. The summed E-state index contributed by atoms with van der Waals surface area (Å²) in [6, 6.07) is 0.396. The van der Waals surface area contributed by atoms with Crippen molar-refractivity contribution in [2.75, 3.05) is 45.9 Å². The first-order valence-corrected chi connectivity index (χ1v) is 9.66. The molecule has 0 rings (SSSR count). The Morgan fingerprint density at radius 2 is 1.74 bits per heavy atom. The van der Waals surface area contributed by atoms with E-state index in [1.807, 2.05) is 20.9 Å². The standard InChI is InChI=1S/C15H32N2O5S/c1-13(2)15(18)6-9-21-10-7-16-23(19,20)12-22-11-8-17(5)14(3)4/h13-14,16H,6-12H2,1-5H3. The van der Waals surface area contributed by atoms with Crippen molar-refractivity contribution in [1.82, 2.24) is 9.62 Å². The minimum Gasteiger partial charge on any atom is -0.380 e. The Morgan fingerprint density at radius 3 is 2.30 bits per heavy atom. The van der Waals surface area contributed by atoms with Gasteiger partial charge in [0.2, 0.25) is 10.0 Å². The van der Waals surface area contributed by atoms with Crippen LogP contribution in [-0.2, 0) is 24.3 Å². The number of nitrogens with zero attached hydrogens (tertiary/aromatic N) is 1. The zero-order valence-electron chi connectivity index (χ0n) is 15.0. The summed E-state index contributed by atoms with van der Waals surface area (Å²) in [5.41, 5.74) is 0. The first-order valence-electron chi connectivity index (χ1n) is 8.01. The molecule has 8 heteroatoms. The van der Waals surface area contributed by atoms with E-state index in [0.717, 1.165) is 0 Å². The van der Waals surface area contributed by atoms with E-state index in [0.29, 0.717) is 32.2 Å². The van der Waals surface area contributed by atoms with E-state index in [4.69, 9.17) is 9.47 Å². The lowest BCUT2D eigenvalue weighted by molar-refractivity contribution is -0.122. The van der Waals surface area contributed by atoms with Gasteiger partial charge in [0.05, 0.1) is 19.8 Å². The molecule has 0 radical (unpaired) electrons. The van der Waals surface area contributed by atoms with Gasteiger partial charge in [0, 0.05) is 31.5 Å². The Hall–Kier alpha value is -0.540. The number of ether oxygens (including phenoxy) is 2. The van der Waals surface area contributed by atoms with E-state index in [9.17, 15) is 13.2 Å². The van der Waals surface area contributed by atoms with Crippen LogP contribution in [0.1, 0.15) is 34.1 Å². The zero-order valence-corrected chi connectivity index (χ0v) is 15.8. The summed E-state index contributed by atoms with van der Waals surface area (Å²) in [7, 11) is -1.49. The van der Waals surface area contributed by atoms with Crippen molar-refractivity contribution in [3.63, 3.8) is 0 Å². The molecule has 138 valence electrons. The molecule has 0 spiro atoms. The van der Waals surface area contributed by atoms with Gasteiger partial charge in [0.25, 0.3) is 0 Å². The van der Waals surface area contributed by atoms with Crippen LogP contribution in [-0.4, -0.2) is 71.0 Å². The molecule has 0 unspecified atom stereocenters. The minimum absolute atomic E-state index is 0.00370. The number of Topliss-reactive ketones (excluding diaryl/α,β-unsaturated/α-hetero) is 1. The largest absolute Gasteiger partial charge is 0.380 e. The molecule has 0 aromatic rings. The summed E-state index contributed by atoms with van der Waals surface area (Å²) in [6.07, 6.45) is 0.358. The van der Waals surface area contributed by atoms with Gasteiger partial charge >= 0.3 is 0 Å². The van der Waals surface area contributed by atoms with Crippen molar-refractivity contribution in [2.45, 2.75) is 40.2 Å². The van der Waals surface area contributed by atoms with Crippen LogP contribution >= 0.6 is 0 Å². The number of nitrogens with one attached hydrogen (secondary N) is 1. The molecule has 0 heterocycles. The number of rotatable bonds is 14. The Kier molecular flexibility index (Phi) is 11.6. The van der Waals surface area contributed by atoms with Gasteiger partial charge in [-0.2, -0.15) is 0 Å². The number of ketones is 1. The lowest BCUT2D eigenvalue weighted by Gasteiger charge is -2.20. The topological polar surface area (TPSA) is 84.9 Å². The average molecular weight is 352 g/mol. The molecule has 0 aliphatic rings. The predicted molar refractivity (Wildman–Crippen MR) is 90.8 cm³/mol. The van der Waals surface area contributed by atoms with Gasteiger partial charge in [-0.3, -0.25) is 4.79 Å². The molecule has 7 nitrogen and oxygen atoms in total. The second-order valence-electron chi connectivity index (χ2n) is 6.09. The minimum atomic E-state index is -3.45. The molecule has 0 saturated heterocycles. The molecule has 0 atom stereocenters. The Morgan fingerprint density at radius 1 is 1.09 bits per heavy atom. The molecule has 0 aliphatic heterocycles. The van der Waals surface area contributed by atoms with Gasteiger partial charge in [-0.1, -0.05) is 13.8 Å². The molecule has 0 amide bonds. The third-order valence-electron chi connectivity index (χ3n) is 3.41. The summed E-state index contributed by atoms with van der Waals surface area (Å²) in [5, 5.41) is 0. The second kappa shape index (κ2) is 11.9. The summed E-state index contributed by atoms with van der Waals surface area (Å²) in [5.74, 6) is -0.209. The molecule has 1 N–H and O–H groups in total. The molecular weight excluding hydrogens is 320 g/mol. The third kappa shape index (κ3) is 12.5. The van der Waals surface area contributed by atoms with Crippen molar-refractivity contribution in [2.24, 2.45) is 5.92 Å². The molecule has 0 fully saturated rings. The quantitative estimate of drug-likeness (QED) is 0.467. The lowest BCUT2D eigenvalue weighted by atomic mass is 10.1. The fourth-order valence-electron chi connectivity index (χ4n) is 1.51. The Labute approximate surface area is 140 Å². The number of hydrogen-bond acceptors (Lipinski definition) is 6. The number of carbonyl (C=O) groups is 1. The van der Waals surface area contributed by atoms with Gasteiger partial charge in [-0.15, -0.1) is 0 Å². The number of hydrogen-bond donors (Lipinski definition) is 1. The van der Waals surface area contributed by atoms with Gasteiger partial charge < -0.3 is 14.4 Å². The van der Waals surface area contributed by atoms with Crippen LogP contribution in [0.3, 0.4) is 0 Å². The zero-order chi connectivity index (χ0) is 17.9. The highest BCUT2D eigenvalue weighted by molar-refractivity contribution is 7.89. The molecule has 0 aliphatic carbocycles. The van der Waals surface area contributed by atoms with E-state index < -0.39 is 10.0 Å². The molecule has 0 aromatic heterocycles. The normalized spacial score (nSPS) is 12.5. The maximum absolute atomic E-state index is 11.7. The van der Waals surface area contributed by atoms with Crippen molar-refractivity contribution >= 4 is 15.8 Å². The van der Waals surface area contributed by atoms with E-state index in [2.05, 4.69) is 23.5 Å². The summed E-state index contributed by atoms with van der Waals surface area (Å²) < 4.78 is 36.2. The van der Waals surface area contributed by atoms with Gasteiger partial charge in [-0.25, -0.2) is 13.1 Å². The monoisotopic (exact) mass is 352 g/mol. The maximum atomic E-state index is 11.7. The SMILES string of the molecule is CC(C)C(=O)CCOCCNS(=O)(=O)COCCN(C)C(C)C. The highest BCUT2D eigenvalue weighted by Gasteiger charge is 2.11. The molecule has 0 saturated carbocycles. The molecular formula is C15H32N2O5S.